The van der Waals surface area contributed by atoms with Crippen molar-refractivity contribution in [3.8, 4) is 0 Å². The van der Waals surface area contributed by atoms with E-state index >= 15 is 0 Å². The van der Waals surface area contributed by atoms with E-state index in [1.54, 1.807) is 36.6 Å². The lowest BCUT2D eigenvalue weighted by molar-refractivity contribution is -0.125. The predicted molar refractivity (Wildman–Crippen MR) is 100 cm³/mol. The van der Waals surface area contributed by atoms with E-state index in [1.165, 1.54) is 0 Å². The van der Waals surface area contributed by atoms with Crippen molar-refractivity contribution >= 4 is 40.7 Å². The van der Waals surface area contributed by atoms with Crippen molar-refractivity contribution in [2.45, 2.75) is 25.4 Å². The number of hydrogen-bond acceptors (Lipinski definition) is 4. The van der Waals surface area contributed by atoms with E-state index in [1.807, 2.05) is 4.90 Å². The van der Waals surface area contributed by atoms with Crippen molar-refractivity contribution in [3.63, 3.8) is 0 Å². The summed E-state index contributed by atoms with van der Waals surface area (Å²) in [6.07, 6.45) is 3.12. The van der Waals surface area contributed by atoms with Gasteiger partial charge in [-0.15, -0.1) is 0 Å². The molecule has 0 aliphatic carbocycles. The first-order valence-corrected chi connectivity index (χ1v) is 9.07. The van der Waals surface area contributed by atoms with E-state index in [0.717, 1.165) is 6.42 Å². The SMILES string of the molecule is O=C(CN1CCCC1C(=O)Nc1ccc(Cl)cc1Cl)NCc1ccco1. The van der Waals surface area contributed by atoms with Crippen molar-refractivity contribution in [3.05, 3.63) is 52.4 Å². The van der Waals surface area contributed by atoms with Crippen LogP contribution in [0.3, 0.4) is 0 Å². The monoisotopic (exact) mass is 395 g/mol. The summed E-state index contributed by atoms with van der Waals surface area (Å²) in [7, 11) is 0. The zero-order valence-electron chi connectivity index (χ0n) is 14.0. The molecular weight excluding hydrogens is 377 g/mol. The molecule has 1 fully saturated rings. The van der Waals surface area contributed by atoms with Gasteiger partial charge in [0.25, 0.3) is 0 Å². The van der Waals surface area contributed by atoms with Crippen molar-refractivity contribution in [1.82, 2.24) is 10.2 Å². The van der Waals surface area contributed by atoms with E-state index in [9.17, 15) is 9.59 Å². The number of furan rings is 1. The van der Waals surface area contributed by atoms with Crippen LogP contribution in [0.15, 0.2) is 41.0 Å². The van der Waals surface area contributed by atoms with Crippen LogP contribution in [0.25, 0.3) is 0 Å². The molecule has 0 saturated carbocycles. The van der Waals surface area contributed by atoms with E-state index in [0.29, 0.717) is 41.0 Å². The van der Waals surface area contributed by atoms with Crippen LogP contribution in [-0.4, -0.2) is 35.8 Å². The van der Waals surface area contributed by atoms with E-state index < -0.39 is 0 Å². The third-order valence-corrected chi connectivity index (χ3v) is 4.79. The number of rotatable bonds is 6. The van der Waals surface area contributed by atoms with Gasteiger partial charge in [-0.3, -0.25) is 14.5 Å². The Balaban J connectivity index is 1.55. The summed E-state index contributed by atoms with van der Waals surface area (Å²) in [4.78, 5) is 26.6. The second-order valence-electron chi connectivity index (χ2n) is 6.10. The maximum absolute atomic E-state index is 12.6. The molecule has 0 spiro atoms. The van der Waals surface area contributed by atoms with Gasteiger partial charge in [-0.2, -0.15) is 0 Å². The lowest BCUT2D eigenvalue weighted by Crippen LogP contribution is -2.44. The van der Waals surface area contributed by atoms with Gasteiger partial charge in [-0.25, -0.2) is 0 Å². The summed E-state index contributed by atoms with van der Waals surface area (Å²) in [5, 5.41) is 6.50. The van der Waals surface area contributed by atoms with Crippen LogP contribution in [-0.2, 0) is 16.1 Å². The normalized spacial score (nSPS) is 17.2. The number of benzene rings is 1. The third-order valence-electron chi connectivity index (χ3n) is 4.24. The Hall–Kier alpha value is -2.02. The molecule has 2 heterocycles. The second kappa shape index (κ2) is 8.58. The molecule has 2 aromatic rings. The van der Waals surface area contributed by atoms with Crippen molar-refractivity contribution in [1.29, 1.82) is 0 Å². The maximum atomic E-state index is 12.6. The van der Waals surface area contributed by atoms with Gasteiger partial charge in [0.2, 0.25) is 11.8 Å². The Morgan fingerprint density at radius 1 is 1.27 bits per heavy atom. The fourth-order valence-corrected chi connectivity index (χ4v) is 3.41. The van der Waals surface area contributed by atoms with Crippen LogP contribution in [0.5, 0.6) is 0 Å². The molecule has 26 heavy (non-hydrogen) atoms. The first-order valence-electron chi connectivity index (χ1n) is 8.32. The molecule has 1 aliphatic rings. The van der Waals surface area contributed by atoms with Crippen LogP contribution < -0.4 is 10.6 Å². The second-order valence-corrected chi connectivity index (χ2v) is 6.94. The van der Waals surface area contributed by atoms with Crippen LogP contribution in [0.1, 0.15) is 18.6 Å². The highest BCUT2D eigenvalue weighted by Crippen LogP contribution is 2.26. The van der Waals surface area contributed by atoms with Crippen LogP contribution in [0.2, 0.25) is 10.0 Å². The van der Waals surface area contributed by atoms with Gasteiger partial charge in [-0.05, 0) is 49.7 Å². The smallest absolute Gasteiger partial charge is 0.241 e. The quantitative estimate of drug-likeness (QED) is 0.786. The number of hydrogen-bond donors (Lipinski definition) is 2. The van der Waals surface area contributed by atoms with Crippen LogP contribution in [0, 0.1) is 0 Å². The van der Waals surface area contributed by atoms with E-state index in [4.69, 9.17) is 27.6 Å². The summed E-state index contributed by atoms with van der Waals surface area (Å²) in [6, 6.07) is 8.10. The van der Waals surface area contributed by atoms with Gasteiger partial charge in [0.15, 0.2) is 0 Å². The molecule has 2 amide bonds. The number of amides is 2. The van der Waals surface area contributed by atoms with Gasteiger partial charge in [-0.1, -0.05) is 23.2 Å². The Morgan fingerprint density at radius 2 is 2.12 bits per heavy atom. The van der Waals surface area contributed by atoms with E-state index in [-0.39, 0.29) is 24.4 Å². The predicted octanol–water partition coefficient (Wildman–Crippen LogP) is 3.31. The van der Waals surface area contributed by atoms with Crippen molar-refractivity contribution < 1.29 is 14.0 Å². The minimum Gasteiger partial charge on any atom is -0.467 e. The first kappa shape index (κ1) is 18.8. The molecule has 0 bridgehead atoms. The number of likely N-dealkylation sites (tertiary alicyclic amines) is 1. The maximum Gasteiger partial charge on any atom is 0.241 e. The highest BCUT2D eigenvalue weighted by Gasteiger charge is 2.32. The molecule has 138 valence electrons. The number of anilines is 1. The zero-order chi connectivity index (χ0) is 18.5. The zero-order valence-corrected chi connectivity index (χ0v) is 15.5. The molecule has 1 saturated heterocycles. The molecule has 8 heteroatoms. The fraction of sp³-hybridized carbons (Fsp3) is 0.333. The molecule has 1 aromatic heterocycles. The molecule has 3 rings (SSSR count). The molecule has 1 unspecified atom stereocenters. The average Bonchev–Trinajstić information content (AvgIpc) is 3.27. The van der Waals surface area contributed by atoms with Crippen molar-refractivity contribution in [2.75, 3.05) is 18.4 Å². The number of halogens is 2. The minimum absolute atomic E-state index is 0.148. The largest absolute Gasteiger partial charge is 0.467 e. The van der Waals surface area contributed by atoms with Gasteiger partial charge < -0.3 is 15.1 Å². The van der Waals surface area contributed by atoms with Crippen molar-refractivity contribution in [2.24, 2.45) is 0 Å². The number of nitrogens with zero attached hydrogens (tertiary/aromatic N) is 1. The Kier molecular flexibility index (Phi) is 6.19. The van der Waals surface area contributed by atoms with Gasteiger partial charge in [0.05, 0.1) is 36.1 Å². The Labute approximate surface area is 161 Å². The Morgan fingerprint density at radius 3 is 2.85 bits per heavy atom. The summed E-state index contributed by atoms with van der Waals surface area (Å²) in [5.74, 6) is 0.364. The van der Waals surface area contributed by atoms with Gasteiger partial charge >= 0.3 is 0 Å². The molecular formula is C18H19Cl2N3O3. The molecule has 1 aliphatic heterocycles. The number of nitrogens with one attached hydrogen (secondary N) is 2. The summed E-state index contributed by atoms with van der Waals surface area (Å²) in [6.45, 7) is 1.19. The molecule has 0 radical (unpaired) electrons. The summed E-state index contributed by atoms with van der Waals surface area (Å²) >= 11 is 12.0. The Bertz CT molecular complexity index is 780. The lowest BCUT2D eigenvalue weighted by Gasteiger charge is -2.23. The highest BCUT2D eigenvalue weighted by atomic mass is 35.5. The van der Waals surface area contributed by atoms with Gasteiger partial charge in [0, 0.05) is 5.02 Å². The van der Waals surface area contributed by atoms with Crippen LogP contribution in [0.4, 0.5) is 5.69 Å². The topological polar surface area (TPSA) is 74.6 Å². The molecule has 2 N–H and O–H groups in total. The van der Waals surface area contributed by atoms with E-state index in [2.05, 4.69) is 10.6 Å². The average molecular weight is 396 g/mol. The molecule has 1 aromatic carbocycles. The third kappa shape index (κ3) is 4.78. The minimum atomic E-state index is -0.365. The fourth-order valence-electron chi connectivity index (χ4n) is 2.96. The lowest BCUT2D eigenvalue weighted by atomic mass is 10.2. The summed E-state index contributed by atoms with van der Waals surface area (Å²) in [5.41, 5.74) is 0.509. The first-order chi connectivity index (χ1) is 12.5. The summed E-state index contributed by atoms with van der Waals surface area (Å²) < 4.78 is 5.18. The number of carbonyl (C=O) groups excluding carboxylic acids is 2. The van der Waals surface area contributed by atoms with Gasteiger partial charge in [0.1, 0.15) is 5.76 Å². The standard InChI is InChI=1S/C18H19Cl2N3O3/c19-12-5-6-15(14(20)9-12)22-18(25)16-4-1-7-23(16)11-17(24)21-10-13-3-2-8-26-13/h2-3,5-6,8-9,16H,1,4,7,10-11H2,(H,21,24)(H,22,25). The highest BCUT2D eigenvalue weighted by molar-refractivity contribution is 6.36. The van der Waals surface area contributed by atoms with Crippen LogP contribution >= 0.6 is 23.2 Å². The molecule has 1 atom stereocenters. The molecule has 6 nitrogen and oxygen atoms in total. The number of carbonyl (C=O) groups is 2.